The Kier molecular flexibility index (Phi) is 6.79. The number of nitrogens with zero attached hydrogens (tertiary/aromatic N) is 1. The molecule has 120 valence electrons. The predicted octanol–water partition coefficient (Wildman–Crippen LogP) is -0.165. The van der Waals surface area contributed by atoms with Crippen molar-refractivity contribution in [1.82, 2.24) is 15.5 Å². The van der Waals surface area contributed by atoms with Gasteiger partial charge in [0.15, 0.2) is 0 Å². The lowest BCUT2D eigenvalue weighted by Gasteiger charge is -2.33. The standard InChI is InChI=1S/C14H25N3O3S/c1-20-9-13(18)16-11-2-5-17(6-3-11)14(19)8-12-10-21-7-4-15-12/h11-12,15H,2-10H2,1H3,(H,16,18). The van der Waals surface area contributed by atoms with Gasteiger partial charge in [-0.3, -0.25) is 9.59 Å². The van der Waals surface area contributed by atoms with Gasteiger partial charge in [-0.15, -0.1) is 0 Å². The Morgan fingerprint density at radius 1 is 1.38 bits per heavy atom. The predicted molar refractivity (Wildman–Crippen MR) is 83.4 cm³/mol. The molecule has 0 aromatic carbocycles. The van der Waals surface area contributed by atoms with Gasteiger partial charge in [-0.25, -0.2) is 0 Å². The van der Waals surface area contributed by atoms with Crippen LogP contribution in [0.25, 0.3) is 0 Å². The number of thioether (sulfide) groups is 1. The summed E-state index contributed by atoms with van der Waals surface area (Å²) < 4.78 is 4.80. The summed E-state index contributed by atoms with van der Waals surface area (Å²) in [4.78, 5) is 25.7. The van der Waals surface area contributed by atoms with Crippen molar-refractivity contribution in [2.75, 3.05) is 44.9 Å². The Hall–Kier alpha value is -0.790. The van der Waals surface area contributed by atoms with E-state index in [2.05, 4.69) is 10.6 Å². The van der Waals surface area contributed by atoms with Gasteiger partial charge in [0.05, 0.1) is 0 Å². The number of methoxy groups -OCH3 is 1. The minimum Gasteiger partial charge on any atom is -0.375 e. The van der Waals surface area contributed by atoms with Crippen molar-refractivity contribution in [3.63, 3.8) is 0 Å². The fourth-order valence-electron chi connectivity index (χ4n) is 2.76. The summed E-state index contributed by atoms with van der Waals surface area (Å²) >= 11 is 1.91. The van der Waals surface area contributed by atoms with E-state index in [1.807, 2.05) is 16.7 Å². The first-order chi connectivity index (χ1) is 10.2. The van der Waals surface area contributed by atoms with Gasteiger partial charge in [0.2, 0.25) is 11.8 Å². The summed E-state index contributed by atoms with van der Waals surface area (Å²) in [7, 11) is 1.51. The molecular weight excluding hydrogens is 290 g/mol. The summed E-state index contributed by atoms with van der Waals surface area (Å²) in [5.41, 5.74) is 0. The van der Waals surface area contributed by atoms with Crippen molar-refractivity contribution < 1.29 is 14.3 Å². The summed E-state index contributed by atoms with van der Waals surface area (Å²) in [6.07, 6.45) is 2.25. The molecule has 0 radical (unpaired) electrons. The number of carbonyl (C=O) groups excluding carboxylic acids is 2. The van der Waals surface area contributed by atoms with Crippen LogP contribution in [0, 0.1) is 0 Å². The summed E-state index contributed by atoms with van der Waals surface area (Å²) in [6.45, 7) is 2.56. The van der Waals surface area contributed by atoms with Crippen molar-refractivity contribution in [3.05, 3.63) is 0 Å². The average Bonchev–Trinajstić information content (AvgIpc) is 2.49. The molecule has 2 aliphatic rings. The van der Waals surface area contributed by atoms with Crippen molar-refractivity contribution >= 4 is 23.6 Å². The van der Waals surface area contributed by atoms with Crippen LogP contribution in [0.15, 0.2) is 0 Å². The molecule has 2 amide bonds. The third-order valence-corrected chi connectivity index (χ3v) is 5.04. The first-order valence-electron chi connectivity index (χ1n) is 7.56. The van der Waals surface area contributed by atoms with E-state index in [0.717, 1.165) is 44.0 Å². The highest BCUT2D eigenvalue weighted by molar-refractivity contribution is 7.99. The third-order valence-electron chi connectivity index (χ3n) is 3.91. The van der Waals surface area contributed by atoms with Crippen LogP contribution in [0.4, 0.5) is 0 Å². The maximum Gasteiger partial charge on any atom is 0.246 e. The molecule has 0 saturated carbocycles. The van der Waals surface area contributed by atoms with E-state index in [-0.39, 0.29) is 24.5 Å². The van der Waals surface area contributed by atoms with Crippen LogP contribution in [0.2, 0.25) is 0 Å². The van der Waals surface area contributed by atoms with Crippen molar-refractivity contribution in [1.29, 1.82) is 0 Å². The van der Waals surface area contributed by atoms with Gasteiger partial charge in [0.1, 0.15) is 6.61 Å². The number of rotatable bonds is 5. The molecule has 0 spiro atoms. The molecule has 2 heterocycles. The molecule has 2 saturated heterocycles. The molecule has 0 aromatic heterocycles. The number of piperidine rings is 1. The van der Waals surface area contributed by atoms with Gasteiger partial charge in [-0.1, -0.05) is 0 Å². The molecule has 6 nitrogen and oxygen atoms in total. The summed E-state index contributed by atoms with van der Waals surface area (Å²) in [5, 5.41) is 6.34. The topological polar surface area (TPSA) is 70.7 Å². The fourth-order valence-corrected chi connectivity index (χ4v) is 3.71. The lowest BCUT2D eigenvalue weighted by atomic mass is 10.0. The molecule has 0 aromatic rings. The van der Waals surface area contributed by atoms with Crippen LogP contribution < -0.4 is 10.6 Å². The maximum atomic E-state index is 12.3. The highest BCUT2D eigenvalue weighted by atomic mass is 32.2. The second kappa shape index (κ2) is 8.60. The maximum absolute atomic E-state index is 12.3. The van der Waals surface area contributed by atoms with Gasteiger partial charge in [-0.05, 0) is 12.8 Å². The van der Waals surface area contributed by atoms with E-state index in [1.54, 1.807) is 0 Å². The van der Waals surface area contributed by atoms with Gasteiger partial charge in [0.25, 0.3) is 0 Å². The van der Waals surface area contributed by atoms with Crippen molar-refractivity contribution in [2.45, 2.75) is 31.3 Å². The SMILES string of the molecule is COCC(=O)NC1CCN(C(=O)CC2CSCCN2)CC1. The molecule has 2 aliphatic heterocycles. The second-order valence-corrected chi connectivity index (χ2v) is 6.74. The number of hydrogen-bond acceptors (Lipinski definition) is 5. The first-order valence-corrected chi connectivity index (χ1v) is 8.71. The zero-order chi connectivity index (χ0) is 15.1. The molecule has 2 N–H and O–H groups in total. The van der Waals surface area contributed by atoms with E-state index in [0.29, 0.717) is 12.5 Å². The zero-order valence-electron chi connectivity index (χ0n) is 12.6. The van der Waals surface area contributed by atoms with Crippen LogP contribution in [0.5, 0.6) is 0 Å². The number of ether oxygens (including phenoxy) is 1. The molecule has 7 heteroatoms. The number of carbonyl (C=O) groups is 2. The van der Waals surface area contributed by atoms with Crippen LogP contribution in [-0.2, 0) is 14.3 Å². The van der Waals surface area contributed by atoms with E-state index >= 15 is 0 Å². The Morgan fingerprint density at radius 2 is 2.14 bits per heavy atom. The quantitative estimate of drug-likeness (QED) is 0.737. The van der Waals surface area contributed by atoms with Crippen LogP contribution in [-0.4, -0.2) is 73.7 Å². The number of likely N-dealkylation sites (tertiary alicyclic amines) is 1. The normalized spacial score (nSPS) is 23.9. The van der Waals surface area contributed by atoms with Gasteiger partial charge >= 0.3 is 0 Å². The van der Waals surface area contributed by atoms with Crippen LogP contribution in [0.1, 0.15) is 19.3 Å². The highest BCUT2D eigenvalue weighted by Gasteiger charge is 2.26. The Balaban J connectivity index is 1.67. The first kappa shape index (κ1) is 16.6. The molecule has 1 unspecified atom stereocenters. The molecule has 2 rings (SSSR count). The van der Waals surface area contributed by atoms with Crippen molar-refractivity contribution in [3.8, 4) is 0 Å². The average molecular weight is 315 g/mol. The lowest BCUT2D eigenvalue weighted by Crippen LogP contribution is -2.49. The fraction of sp³-hybridized carbons (Fsp3) is 0.857. The third kappa shape index (κ3) is 5.48. The monoisotopic (exact) mass is 315 g/mol. The largest absolute Gasteiger partial charge is 0.375 e. The van der Waals surface area contributed by atoms with Gasteiger partial charge in [0, 0.05) is 56.8 Å². The summed E-state index contributed by atoms with van der Waals surface area (Å²) in [5.74, 6) is 2.31. The molecule has 1 atom stereocenters. The van der Waals surface area contributed by atoms with E-state index in [4.69, 9.17) is 4.74 Å². The summed E-state index contributed by atoms with van der Waals surface area (Å²) in [6, 6.07) is 0.482. The molecule has 0 aliphatic carbocycles. The molecular formula is C14H25N3O3S. The van der Waals surface area contributed by atoms with E-state index in [9.17, 15) is 9.59 Å². The number of hydrogen-bond donors (Lipinski definition) is 2. The highest BCUT2D eigenvalue weighted by Crippen LogP contribution is 2.15. The van der Waals surface area contributed by atoms with E-state index in [1.165, 1.54) is 7.11 Å². The lowest BCUT2D eigenvalue weighted by molar-refractivity contribution is -0.133. The van der Waals surface area contributed by atoms with Crippen LogP contribution >= 0.6 is 11.8 Å². The zero-order valence-corrected chi connectivity index (χ0v) is 13.4. The smallest absolute Gasteiger partial charge is 0.246 e. The van der Waals surface area contributed by atoms with Crippen LogP contribution in [0.3, 0.4) is 0 Å². The Labute approximate surface area is 130 Å². The molecule has 0 bridgehead atoms. The van der Waals surface area contributed by atoms with E-state index < -0.39 is 0 Å². The number of nitrogens with one attached hydrogen (secondary N) is 2. The van der Waals surface area contributed by atoms with Crippen molar-refractivity contribution in [2.24, 2.45) is 0 Å². The number of amides is 2. The van der Waals surface area contributed by atoms with Gasteiger partial charge in [-0.2, -0.15) is 11.8 Å². The minimum absolute atomic E-state index is 0.0780. The Morgan fingerprint density at radius 3 is 2.76 bits per heavy atom. The molecule has 2 fully saturated rings. The Bertz CT molecular complexity index is 353. The van der Waals surface area contributed by atoms with Gasteiger partial charge < -0.3 is 20.3 Å². The minimum atomic E-state index is -0.0780. The second-order valence-electron chi connectivity index (χ2n) is 5.59. The molecule has 21 heavy (non-hydrogen) atoms.